The fraction of sp³-hybridized carbons (Fsp3) is 0.444. The zero-order valence-corrected chi connectivity index (χ0v) is 9.29. The van der Waals surface area contributed by atoms with Crippen LogP contribution in [0.3, 0.4) is 0 Å². The van der Waals surface area contributed by atoms with Crippen molar-refractivity contribution in [1.29, 1.82) is 0 Å². The molecule has 0 bridgehead atoms. The van der Waals surface area contributed by atoms with Gasteiger partial charge in [-0.1, -0.05) is 5.16 Å². The molecule has 0 radical (unpaired) electrons. The number of nitrogens with zero attached hydrogens (tertiary/aromatic N) is 4. The van der Waals surface area contributed by atoms with Crippen molar-refractivity contribution >= 4 is 11.7 Å². The number of rotatable bonds is 4. The second kappa shape index (κ2) is 5.15. The minimum Gasteiger partial charge on any atom is -0.409 e. The summed E-state index contributed by atoms with van der Waals surface area (Å²) in [6.07, 6.45) is 1.69. The summed E-state index contributed by atoms with van der Waals surface area (Å²) in [5.41, 5.74) is 5.69. The average molecular weight is 225 g/mol. The van der Waals surface area contributed by atoms with E-state index in [0.29, 0.717) is 12.2 Å². The number of aryl methyl sites for hydroxylation is 1. The van der Waals surface area contributed by atoms with E-state index in [1.54, 1.807) is 24.0 Å². The van der Waals surface area contributed by atoms with E-state index < -0.39 is 0 Å². The highest BCUT2D eigenvalue weighted by molar-refractivity contribution is 5.95. The first-order chi connectivity index (χ1) is 7.58. The molecule has 16 heavy (non-hydrogen) atoms. The molecule has 0 saturated heterocycles. The first-order valence-corrected chi connectivity index (χ1v) is 4.83. The van der Waals surface area contributed by atoms with E-state index in [1.165, 1.54) is 4.90 Å². The summed E-state index contributed by atoms with van der Waals surface area (Å²) in [5.74, 6) is -0.249. The Kier molecular flexibility index (Phi) is 3.87. The Morgan fingerprint density at radius 2 is 2.44 bits per heavy atom. The molecule has 1 amide bonds. The van der Waals surface area contributed by atoms with Gasteiger partial charge in [-0.3, -0.25) is 9.48 Å². The highest BCUT2D eigenvalue weighted by Gasteiger charge is 2.17. The first-order valence-electron chi connectivity index (χ1n) is 4.83. The van der Waals surface area contributed by atoms with Crippen LogP contribution in [0.2, 0.25) is 0 Å². The van der Waals surface area contributed by atoms with Crippen LogP contribution in [0, 0.1) is 0 Å². The molecule has 0 atom stereocenters. The normalized spacial score (nSPS) is 11.5. The summed E-state index contributed by atoms with van der Waals surface area (Å²) < 4.78 is 1.55. The first kappa shape index (κ1) is 12.0. The number of hydrogen-bond donors (Lipinski definition) is 2. The molecule has 0 unspecified atom stereocenters. The van der Waals surface area contributed by atoms with E-state index >= 15 is 0 Å². The fourth-order valence-electron chi connectivity index (χ4n) is 1.25. The average Bonchev–Trinajstić information content (AvgIpc) is 2.71. The number of hydrogen-bond acceptors (Lipinski definition) is 4. The van der Waals surface area contributed by atoms with Gasteiger partial charge in [-0.25, -0.2) is 0 Å². The van der Waals surface area contributed by atoms with E-state index in [4.69, 9.17) is 10.9 Å². The summed E-state index contributed by atoms with van der Waals surface area (Å²) >= 11 is 0. The summed E-state index contributed by atoms with van der Waals surface area (Å²) in [7, 11) is 1.73. The van der Waals surface area contributed by atoms with Crippen molar-refractivity contribution in [3.8, 4) is 0 Å². The van der Waals surface area contributed by atoms with Crippen molar-refractivity contribution in [1.82, 2.24) is 14.7 Å². The number of amidine groups is 1. The van der Waals surface area contributed by atoms with Gasteiger partial charge in [0, 0.05) is 19.8 Å². The van der Waals surface area contributed by atoms with Crippen LogP contribution in [-0.2, 0) is 7.05 Å². The topological polar surface area (TPSA) is 96.7 Å². The van der Waals surface area contributed by atoms with Gasteiger partial charge >= 0.3 is 0 Å². The zero-order valence-electron chi connectivity index (χ0n) is 9.29. The molecule has 0 aromatic carbocycles. The third-order valence-corrected chi connectivity index (χ3v) is 2.08. The number of carbonyl (C=O) groups is 1. The van der Waals surface area contributed by atoms with Gasteiger partial charge in [0.25, 0.3) is 5.91 Å². The molecule has 0 fully saturated rings. The predicted molar refractivity (Wildman–Crippen MR) is 58.2 cm³/mol. The molecule has 0 aliphatic rings. The van der Waals surface area contributed by atoms with Crippen molar-refractivity contribution in [2.45, 2.75) is 6.92 Å². The number of oxime groups is 1. The van der Waals surface area contributed by atoms with Gasteiger partial charge in [0.1, 0.15) is 5.69 Å². The summed E-state index contributed by atoms with van der Waals surface area (Å²) in [6, 6.07) is 1.62. The molecule has 7 heteroatoms. The zero-order chi connectivity index (χ0) is 12.1. The van der Waals surface area contributed by atoms with Gasteiger partial charge in [0.2, 0.25) is 0 Å². The monoisotopic (exact) mass is 225 g/mol. The largest absolute Gasteiger partial charge is 0.409 e. The van der Waals surface area contributed by atoms with Crippen LogP contribution in [0.4, 0.5) is 0 Å². The molecule has 88 valence electrons. The lowest BCUT2D eigenvalue weighted by atomic mass is 10.3. The second-order valence-corrected chi connectivity index (χ2v) is 3.29. The molecule has 7 nitrogen and oxygen atoms in total. The molecule has 1 heterocycles. The SMILES string of the molecule is CCN(C/C(N)=N/O)C(=O)c1ccn(C)n1. The number of carbonyl (C=O) groups excluding carboxylic acids is 1. The Bertz CT molecular complexity index is 398. The van der Waals surface area contributed by atoms with Crippen molar-refractivity contribution in [3.05, 3.63) is 18.0 Å². The predicted octanol–water partition coefficient (Wildman–Crippen LogP) is -0.371. The van der Waals surface area contributed by atoms with Crippen molar-refractivity contribution in [2.75, 3.05) is 13.1 Å². The van der Waals surface area contributed by atoms with Crippen LogP contribution in [0.15, 0.2) is 17.4 Å². The fourth-order valence-corrected chi connectivity index (χ4v) is 1.25. The summed E-state index contributed by atoms with van der Waals surface area (Å²) in [4.78, 5) is 13.3. The van der Waals surface area contributed by atoms with Crippen LogP contribution in [0.25, 0.3) is 0 Å². The minimum absolute atomic E-state index is 0.00821. The number of amides is 1. The van der Waals surface area contributed by atoms with E-state index in [9.17, 15) is 4.79 Å². The van der Waals surface area contributed by atoms with Gasteiger partial charge in [-0.15, -0.1) is 0 Å². The second-order valence-electron chi connectivity index (χ2n) is 3.29. The standard InChI is InChI=1S/C9H15N5O2/c1-3-14(6-8(10)12-16)9(15)7-4-5-13(2)11-7/h4-5,16H,3,6H2,1-2H3,(H2,10,12). The van der Waals surface area contributed by atoms with Crippen molar-refractivity contribution in [3.63, 3.8) is 0 Å². The maximum atomic E-state index is 11.9. The third-order valence-electron chi connectivity index (χ3n) is 2.08. The molecule has 1 aromatic heterocycles. The van der Waals surface area contributed by atoms with Crippen LogP contribution in [0.5, 0.6) is 0 Å². The van der Waals surface area contributed by atoms with E-state index in [2.05, 4.69) is 10.3 Å². The Morgan fingerprint density at radius 1 is 1.75 bits per heavy atom. The highest BCUT2D eigenvalue weighted by Crippen LogP contribution is 2.01. The number of aromatic nitrogens is 2. The van der Waals surface area contributed by atoms with Crippen molar-refractivity contribution in [2.24, 2.45) is 17.9 Å². The third kappa shape index (κ3) is 2.72. The lowest BCUT2D eigenvalue weighted by molar-refractivity contribution is 0.0779. The molecule has 0 saturated carbocycles. The summed E-state index contributed by atoms with van der Waals surface area (Å²) in [6.45, 7) is 2.36. The number of nitrogens with two attached hydrogens (primary N) is 1. The molecule has 0 aliphatic carbocycles. The van der Waals surface area contributed by atoms with Crippen molar-refractivity contribution < 1.29 is 10.0 Å². The molecule has 1 aromatic rings. The Morgan fingerprint density at radius 3 is 2.88 bits per heavy atom. The lowest BCUT2D eigenvalue weighted by Crippen LogP contribution is -2.38. The van der Waals surface area contributed by atoms with Gasteiger partial charge in [0.05, 0.1) is 6.54 Å². The molecule has 0 aliphatic heterocycles. The smallest absolute Gasteiger partial charge is 0.274 e. The highest BCUT2D eigenvalue weighted by atomic mass is 16.4. The van der Waals surface area contributed by atoms with E-state index in [0.717, 1.165) is 0 Å². The quantitative estimate of drug-likeness (QED) is 0.316. The molecule has 0 spiro atoms. The van der Waals surface area contributed by atoms with E-state index in [-0.39, 0.29) is 18.3 Å². The van der Waals surface area contributed by atoms with E-state index in [1.807, 2.05) is 6.92 Å². The lowest BCUT2D eigenvalue weighted by Gasteiger charge is -2.18. The number of likely N-dealkylation sites (N-methyl/N-ethyl adjacent to an activating group) is 1. The molecule has 3 N–H and O–H groups in total. The van der Waals surface area contributed by atoms with Crippen LogP contribution in [-0.4, -0.2) is 44.7 Å². The van der Waals surface area contributed by atoms with Gasteiger partial charge in [0.15, 0.2) is 5.84 Å². The maximum absolute atomic E-state index is 11.9. The maximum Gasteiger partial charge on any atom is 0.274 e. The Balaban J connectivity index is 2.77. The Labute approximate surface area is 93.1 Å². The Hall–Kier alpha value is -2.05. The van der Waals surface area contributed by atoms with Crippen LogP contribution in [0.1, 0.15) is 17.4 Å². The molecule has 1 rings (SSSR count). The van der Waals surface area contributed by atoms with Crippen LogP contribution < -0.4 is 5.73 Å². The van der Waals surface area contributed by atoms with Crippen LogP contribution >= 0.6 is 0 Å². The van der Waals surface area contributed by atoms with Gasteiger partial charge < -0.3 is 15.8 Å². The minimum atomic E-state index is -0.241. The van der Waals surface area contributed by atoms with Gasteiger partial charge in [-0.2, -0.15) is 5.10 Å². The van der Waals surface area contributed by atoms with Gasteiger partial charge in [-0.05, 0) is 13.0 Å². The summed E-state index contributed by atoms with van der Waals surface area (Å²) in [5, 5.41) is 15.3. The molecular weight excluding hydrogens is 210 g/mol. The molecular formula is C9H15N5O2.